The third-order valence-corrected chi connectivity index (χ3v) is 2.64. The SMILES string of the molecule is COCc1cc(Br)cc2c1NC(=O)C2. The molecule has 1 aromatic carbocycles. The second kappa shape index (κ2) is 3.71. The van der Waals surface area contributed by atoms with Crippen LogP contribution >= 0.6 is 15.9 Å². The van der Waals surface area contributed by atoms with Crippen LogP contribution in [0.4, 0.5) is 5.69 Å². The van der Waals surface area contributed by atoms with Crippen LogP contribution in [0.1, 0.15) is 11.1 Å². The molecular weight excluding hydrogens is 246 g/mol. The second-order valence-corrected chi connectivity index (χ2v) is 4.17. The van der Waals surface area contributed by atoms with Crippen LogP contribution in [0.3, 0.4) is 0 Å². The Morgan fingerprint density at radius 1 is 1.57 bits per heavy atom. The molecule has 3 nitrogen and oxygen atoms in total. The Hall–Kier alpha value is -0.870. The number of benzene rings is 1. The Kier molecular flexibility index (Phi) is 2.56. The minimum atomic E-state index is 0.0513. The number of nitrogens with one attached hydrogen (secondary N) is 1. The average Bonchev–Trinajstić information content (AvgIpc) is 2.45. The summed E-state index contributed by atoms with van der Waals surface area (Å²) in [7, 11) is 1.64. The lowest BCUT2D eigenvalue weighted by Gasteiger charge is -2.07. The van der Waals surface area contributed by atoms with Crippen molar-refractivity contribution in [3.8, 4) is 0 Å². The Balaban J connectivity index is 2.46. The molecule has 0 aromatic heterocycles. The summed E-state index contributed by atoms with van der Waals surface area (Å²) < 4.78 is 6.06. The van der Waals surface area contributed by atoms with Crippen molar-refractivity contribution in [3.05, 3.63) is 27.7 Å². The maximum absolute atomic E-state index is 11.2. The van der Waals surface area contributed by atoms with Gasteiger partial charge in [0.25, 0.3) is 0 Å². The zero-order valence-electron chi connectivity index (χ0n) is 7.76. The average molecular weight is 256 g/mol. The highest BCUT2D eigenvalue weighted by molar-refractivity contribution is 9.10. The number of amides is 1. The van der Waals surface area contributed by atoms with Crippen molar-refractivity contribution in [2.24, 2.45) is 0 Å². The number of hydrogen-bond acceptors (Lipinski definition) is 2. The quantitative estimate of drug-likeness (QED) is 0.879. The molecule has 1 N–H and O–H groups in total. The number of hydrogen-bond donors (Lipinski definition) is 1. The van der Waals surface area contributed by atoms with Crippen LogP contribution in [0.2, 0.25) is 0 Å². The molecule has 1 heterocycles. The molecule has 0 aliphatic carbocycles. The predicted octanol–water partition coefficient (Wildman–Crippen LogP) is 2.09. The molecule has 0 saturated carbocycles. The molecule has 2 rings (SSSR count). The summed E-state index contributed by atoms with van der Waals surface area (Å²) in [5.41, 5.74) is 2.97. The van der Waals surface area contributed by atoms with Crippen molar-refractivity contribution >= 4 is 27.5 Å². The van der Waals surface area contributed by atoms with Gasteiger partial charge in [0.1, 0.15) is 0 Å². The van der Waals surface area contributed by atoms with E-state index >= 15 is 0 Å². The van der Waals surface area contributed by atoms with E-state index in [1.54, 1.807) is 7.11 Å². The molecule has 0 atom stereocenters. The Bertz CT molecular complexity index is 390. The van der Waals surface area contributed by atoms with Gasteiger partial charge in [-0.25, -0.2) is 0 Å². The molecule has 1 aromatic rings. The lowest BCUT2D eigenvalue weighted by Crippen LogP contribution is -2.05. The van der Waals surface area contributed by atoms with Crippen molar-refractivity contribution in [1.29, 1.82) is 0 Å². The number of anilines is 1. The fourth-order valence-electron chi connectivity index (χ4n) is 1.65. The van der Waals surface area contributed by atoms with E-state index in [1.807, 2.05) is 12.1 Å². The molecule has 0 spiro atoms. The van der Waals surface area contributed by atoms with Gasteiger partial charge < -0.3 is 10.1 Å². The van der Waals surface area contributed by atoms with E-state index in [2.05, 4.69) is 21.2 Å². The number of rotatable bonds is 2. The lowest BCUT2D eigenvalue weighted by molar-refractivity contribution is -0.115. The molecule has 1 aliphatic heterocycles. The van der Waals surface area contributed by atoms with Gasteiger partial charge in [-0.15, -0.1) is 0 Å². The smallest absolute Gasteiger partial charge is 0.228 e. The summed E-state index contributed by atoms with van der Waals surface area (Å²) in [6, 6.07) is 3.93. The first-order valence-corrected chi connectivity index (χ1v) is 5.10. The first-order chi connectivity index (χ1) is 6.70. The lowest BCUT2D eigenvalue weighted by atomic mass is 10.1. The molecule has 1 amide bonds. The zero-order valence-corrected chi connectivity index (χ0v) is 9.35. The van der Waals surface area contributed by atoms with Gasteiger partial charge in [-0.2, -0.15) is 0 Å². The molecule has 0 fully saturated rings. The Morgan fingerprint density at radius 2 is 2.36 bits per heavy atom. The minimum Gasteiger partial charge on any atom is -0.380 e. The number of ether oxygens (including phenoxy) is 1. The summed E-state index contributed by atoms with van der Waals surface area (Å²) in [6.45, 7) is 0.516. The summed E-state index contributed by atoms with van der Waals surface area (Å²) >= 11 is 3.41. The molecule has 74 valence electrons. The molecular formula is C10H10BrNO2. The monoisotopic (exact) mass is 255 g/mol. The standard InChI is InChI=1S/C10H10BrNO2/c1-14-5-7-3-8(11)2-6-4-9(13)12-10(6)7/h2-3H,4-5H2,1H3,(H,12,13). The Morgan fingerprint density at radius 3 is 3.07 bits per heavy atom. The van der Waals surface area contributed by atoms with E-state index in [-0.39, 0.29) is 5.91 Å². The largest absolute Gasteiger partial charge is 0.380 e. The van der Waals surface area contributed by atoms with Crippen molar-refractivity contribution in [2.45, 2.75) is 13.0 Å². The molecule has 14 heavy (non-hydrogen) atoms. The van der Waals surface area contributed by atoms with Crippen molar-refractivity contribution < 1.29 is 9.53 Å². The van der Waals surface area contributed by atoms with Gasteiger partial charge in [-0.1, -0.05) is 15.9 Å². The van der Waals surface area contributed by atoms with Crippen LogP contribution in [-0.4, -0.2) is 13.0 Å². The topological polar surface area (TPSA) is 38.3 Å². The van der Waals surface area contributed by atoms with Gasteiger partial charge in [0.15, 0.2) is 0 Å². The van der Waals surface area contributed by atoms with E-state index in [4.69, 9.17) is 4.74 Å². The molecule has 0 bridgehead atoms. The van der Waals surface area contributed by atoms with Crippen LogP contribution in [0.5, 0.6) is 0 Å². The van der Waals surface area contributed by atoms with Crippen LogP contribution < -0.4 is 5.32 Å². The van der Waals surface area contributed by atoms with Crippen molar-refractivity contribution in [3.63, 3.8) is 0 Å². The first kappa shape index (κ1) is 9.68. The van der Waals surface area contributed by atoms with Gasteiger partial charge in [0.2, 0.25) is 5.91 Å². The third-order valence-electron chi connectivity index (χ3n) is 2.18. The van der Waals surface area contributed by atoms with Crippen LogP contribution in [0.25, 0.3) is 0 Å². The molecule has 0 unspecified atom stereocenters. The maximum Gasteiger partial charge on any atom is 0.228 e. The molecule has 0 saturated heterocycles. The van der Waals surface area contributed by atoms with Crippen molar-refractivity contribution in [2.75, 3.05) is 12.4 Å². The zero-order chi connectivity index (χ0) is 10.1. The van der Waals surface area contributed by atoms with Gasteiger partial charge >= 0.3 is 0 Å². The number of fused-ring (bicyclic) bond motifs is 1. The number of carbonyl (C=O) groups excluding carboxylic acids is 1. The Labute approximate surface area is 90.6 Å². The van der Waals surface area contributed by atoms with Crippen molar-refractivity contribution in [1.82, 2.24) is 0 Å². The summed E-state index contributed by atoms with van der Waals surface area (Å²) in [6.07, 6.45) is 0.464. The van der Waals surface area contributed by atoms with E-state index in [0.29, 0.717) is 13.0 Å². The predicted molar refractivity (Wildman–Crippen MR) is 57.2 cm³/mol. The van der Waals surface area contributed by atoms with E-state index in [9.17, 15) is 4.79 Å². The highest BCUT2D eigenvalue weighted by Gasteiger charge is 2.20. The maximum atomic E-state index is 11.2. The number of halogens is 1. The summed E-state index contributed by atoms with van der Waals surface area (Å²) in [5, 5.41) is 2.84. The molecule has 1 aliphatic rings. The van der Waals surface area contributed by atoms with E-state index < -0.39 is 0 Å². The van der Waals surface area contributed by atoms with Crippen LogP contribution in [0, 0.1) is 0 Å². The fourth-order valence-corrected chi connectivity index (χ4v) is 2.20. The van der Waals surface area contributed by atoms with E-state index in [0.717, 1.165) is 21.3 Å². The second-order valence-electron chi connectivity index (χ2n) is 3.26. The number of carbonyl (C=O) groups is 1. The van der Waals surface area contributed by atoms with Crippen LogP contribution in [-0.2, 0) is 22.6 Å². The van der Waals surface area contributed by atoms with E-state index in [1.165, 1.54) is 0 Å². The number of methoxy groups -OCH3 is 1. The molecule has 0 radical (unpaired) electrons. The van der Waals surface area contributed by atoms with Gasteiger partial charge in [-0.3, -0.25) is 4.79 Å². The summed E-state index contributed by atoms with van der Waals surface area (Å²) in [4.78, 5) is 11.2. The summed E-state index contributed by atoms with van der Waals surface area (Å²) in [5.74, 6) is 0.0513. The van der Waals surface area contributed by atoms with Gasteiger partial charge in [0, 0.05) is 17.1 Å². The third kappa shape index (κ3) is 1.67. The van der Waals surface area contributed by atoms with Gasteiger partial charge in [0.05, 0.1) is 18.7 Å². The highest BCUT2D eigenvalue weighted by atomic mass is 79.9. The minimum absolute atomic E-state index is 0.0513. The fraction of sp³-hybridized carbons (Fsp3) is 0.300. The van der Waals surface area contributed by atoms with Crippen LogP contribution in [0.15, 0.2) is 16.6 Å². The first-order valence-electron chi connectivity index (χ1n) is 4.31. The molecule has 4 heteroatoms. The van der Waals surface area contributed by atoms with Gasteiger partial charge in [-0.05, 0) is 17.7 Å². The normalized spacial score (nSPS) is 14.0. The highest BCUT2D eigenvalue weighted by Crippen LogP contribution is 2.31.